The summed E-state index contributed by atoms with van der Waals surface area (Å²) in [5.41, 5.74) is -0.433. The lowest BCUT2D eigenvalue weighted by atomic mass is 10.1. The number of nitrogens with zero attached hydrogens (tertiary/aromatic N) is 1. The van der Waals surface area contributed by atoms with Crippen LogP contribution in [0.1, 0.15) is 19.8 Å². The summed E-state index contributed by atoms with van der Waals surface area (Å²) in [6, 6.07) is 17.8. The minimum Gasteiger partial charge on any atom is -0.296 e. The van der Waals surface area contributed by atoms with Gasteiger partial charge in [-0.1, -0.05) is 30.3 Å². The fourth-order valence-electron chi connectivity index (χ4n) is 2.27. The van der Waals surface area contributed by atoms with E-state index in [1.165, 1.54) is 28.5 Å². The molecule has 0 bridgehead atoms. The van der Waals surface area contributed by atoms with Crippen molar-refractivity contribution in [3.05, 3.63) is 42.5 Å². The lowest BCUT2D eigenvalue weighted by Crippen LogP contribution is -2.44. The van der Waals surface area contributed by atoms with E-state index in [1.54, 1.807) is 11.8 Å². The summed E-state index contributed by atoms with van der Waals surface area (Å²) < 4.78 is 0. The smallest absolute Gasteiger partial charge is 0.113 e. The number of nitrogens with one attached hydrogen (secondary N) is 1. The molecular formula is C17H18N2S. The molecule has 1 N–H and O–H groups in total. The molecule has 2 nitrogen and oxygen atoms in total. The van der Waals surface area contributed by atoms with Gasteiger partial charge in [0.1, 0.15) is 5.54 Å². The van der Waals surface area contributed by atoms with Gasteiger partial charge in [-0.25, -0.2) is 0 Å². The van der Waals surface area contributed by atoms with Crippen LogP contribution in [-0.2, 0) is 0 Å². The third kappa shape index (κ3) is 3.15. The number of benzene rings is 2. The van der Waals surface area contributed by atoms with Crippen molar-refractivity contribution in [3.63, 3.8) is 0 Å². The van der Waals surface area contributed by atoms with Gasteiger partial charge in [0.05, 0.1) is 6.07 Å². The van der Waals surface area contributed by atoms with Crippen molar-refractivity contribution in [2.24, 2.45) is 0 Å². The summed E-state index contributed by atoms with van der Waals surface area (Å²) in [6.45, 7) is 2.00. The number of hydrogen-bond acceptors (Lipinski definition) is 3. The quantitative estimate of drug-likeness (QED) is 0.843. The Hall–Kier alpha value is -1.50. The van der Waals surface area contributed by atoms with Crippen LogP contribution in [0.2, 0.25) is 0 Å². The summed E-state index contributed by atoms with van der Waals surface area (Å²) >= 11 is 1.75. The van der Waals surface area contributed by atoms with Gasteiger partial charge in [-0.3, -0.25) is 5.32 Å². The summed E-state index contributed by atoms with van der Waals surface area (Å²) in [4.78, 5) is 1.22. The lowest BCUT2D eigenvalue weighted by molar-refractivity contribution is 0.490. The van der Waals surface area contributed by atoms with E-state index in [2.05, 4.69) is 53.9 Å². The molecule has 1 atom stereocenters. The van der Waals surface area contributed by atoms with E-state index in [1.807, 2.05) is 6.92 Å². The zero-order chi connectivity index (χ0) is 14.0. The van der Waals surface area contributed by atoms with Crippen molar-refractivity contribution in [2.45, 2.75) is 36.2 Å². The molecule has 0 saturated heterocycles. The van der Waals surface area contributed by atoms with E-state index in [-0.39, 0.29) is 0 Å². The second kappa shape index (κ2) is 5.47. The van der Waals surface area contributed by atoms with Crippen LogP contribution in [0.25, 0.3) is 10.8 Å². The molecule has 0 heterocycles. The Kier molecular flexibility index (Phi) is 3.69. The molecule has 1 fully saturated rings. The monoisotopic (exact) mass is 282 g/mol. The molecule has 3 heteroatoms. The molecule has 2 aromatic rings. The number of thioether (sulfide) groups is 1. The normalized spacial score (nSPS) is 17.6. The van der Waals surface area contributed by atoms with Crippen LogP contribution in [-0.4, -0.2) is 17.3 Å². The zero-order valence-corrected chi connectivity index (χ0v) is 12.4. The predicted molar refractivity (Wildman–Crippen MR) is 84.8 cm³/mol. The Morgan fingerprint density at radius 1 is 1.25 bits per heavy atom. The minimum absolute atomic E-state index is 0.433. The zero-order valence-electron chi connectivity index (χ0n) is 11.6. The maximum atomic E-state index is 9.39. The highest BCUT2D eigenvalue weighted by atomic mass is 32.2. The van der Waals surface area contributed by atoms with Gasteiger partial charge < -0.3 is 0 Å². The van der Waals surface area contributed by atoms with Crippen LogP contribution in [0.15, 0.2) is 47.4 Å². The van der Waals surface area contributed by atoms with Gasteiger partial charge in [0, 0.05) is 16.7 Å². The van der Waals surface area contributed by atoms with E-state index in [4.69, 9.17) is 0 Å². The second-order valence-electron chi connectivity index (χ2n) is 5.66. The van der Waals surface area contributed by atoms with Crippen LogP contribution < -0.4 is 5.32 Å². The van der Waals surface area contributed by atoms with Gasteiger partial charge in [-0.2, -0.15) is 5.26 Å². The first-order chi connectivity index (χ1) is 9.68. The molecule has 0 aliphatic heterocycles. The molecule has 1 aliphatic rings. The van der Waals surface area contributed by atoms with Crippen molar-refractivity contribution in [1.29, 1.82) is 5.26 Å². The maximum absolute atomic E-state index is 9.39. The van der Waals surface area contributed by atoms with Gasteiger partial charge in [-0.05, 0) is 42.7 Å². The Morgan fingerprint density at radius 3 is 2.70 bits per heavy atom. The van der Waals surface area contributed by atoms with E-state index in [9.17, 15) is 5.26 Å². The number of nitriles is 1. The van der Waals surface area contributed by atoms with Gasteiger partial charge in [0.25, 0.3) is 0 Å². The number of hydrogen-bond donors (Lipinski definition) is 1. The van der Waals surface area contributed by atoms with Crippen LogP contribution in [0, 0.1) is 11.3 Å². The van der Waals surface area contributed by atoms with Crippen LogP contribution >= 0.6 is 11.8 Å². The minimum atomic E-state index is -0.433. The molecule has 0 spiro atoms. The predicted octanol–water partition coefficient (Wildman–Crippen LogP) is 3.97. The second-order valence-corrected chi connectivity index (χ2v) is 6.71. The SMILES string of the molecule is CC(C#N)(CSc1ccc2ccccc2c1)NC1CC1. The molecule has 1 saturated carbocycles. The molecule has 0 radical (unpaired) electrons. The first kappa shape index (κ1) is 13.5. The van der Waals surface area contributed by atoms with E-state index in [0.717, 1.165) is 5.75 Å². The molecule has 0 aromatic heterocycles. The highest BCUT2D eigenvalue weighted by molar-refractivity contribution is 7.99. The topological polar surface area (TPSA) is 35.8 Å². The van der Waals surface area contributed by atoms with Crippen molar-refractivity contribution in [3.8, 4) is 6.07 Å². The van der Waals surface area contributed by atoms with E-state index >= 15 is 0 Å². The average molecular weight is 282 g/mol. The third-order valence-corrected chi connectivity index (χ3v) is 4.90. The van der Waals surface area contributed by atoms with Crippen LogP contribution in [0.5, 0.6) is 0 Å². The summed E-state index contributed by atoms with van der Waals surface area (Å²) in [5.74, 6) is 0.776. The van der Waals surface area contributed by atoms with E-state index < -0.39 is 5.54 Å². The van der Waals surface area contributed by atoms with Crippen molar-refractivity contribution >= 4 is 22.5 Å². The van der Waals surface area contributed by atoms with Gasteiger partial charge >= 0.3 is 0 Å². The highest BCUT2D eigenvalue weighted by Crippen LogP contribution is 2.28. The number of rotatable bonds is 5. The first-order valence-corrected chi connectivity index (χ1v) is 7.98. The largest absolute Gasteiger partial charge is 0.296 e. The van der Waals surface area contributed by atoms with Crippen molar-refractivity contribution < 1.29 is 0 Å². The van der Waals surface area contributed by atoms with Gasteiger partial charge in [-0.15, -0.1) is 11.8 Å². The fourth-order valence-corrected chi connectivity index (χ4v) is 3.25. The number of fused-ring (bicyclic) bond motifs is 1. The standard InChI is InChI=1S/C17H18N2S/c1-17(11-18,19-15-7-8-15)12-20-16-9-6-13-4-2-3-5-14(13)10-16/h2-6,9-10,15,19H,7-8,12H2,1H3. The molecule has 1 aliphatic carbocycles. The van der Waals surface area contributed by atoms with Crippen LogP contribution in [0.4, 0.5) is 0 Å². The summed E-state index contributed by atoms with van der Waals surface area (Å²) in [5, 5.41) is 15.3. The van der Waals surface area contributed by atoms with Crippen LogP contribution in [0.3, 0.4) is 0 Å². The Morgan fingerprint density at radius 2 is 2.00 bits per heavy atom. The van der Waals surface area contributed by atoms with Gasteiger partial charge in [0.2, 0.25) is 0 Å². The first-order valence-electron chi connectivity index (χ1n) is 6.99. The molecule has 1 unspecified atom stereocenters. The Bertz CT molecular complexity index is 657. The highest BCUT2D eigenvalue weighted by Gasteiger charge is 2.32. The van der Waals surface area contributed by atoms with Gasteiger partial charge in [0.15, 0.2) is 0 Å². The third-order valence-electron chi connectivity index (χ3n) is 3.60. The molecule has 2 aromatic carbocycles. The molecule has 20 heavy (non-hydrogen) atoms. The van der Waals surface area contributed by atoms with Crippen molar-refractivity contribution in [1.82, 2.24) is 5.32 Å². The lowest BCUT2D eigenvalue weighted by Gasteiger charge is -2.22. The Balaban J connectivity index is 1.70. The molecular weight excluding hydrogens is 264 g/mol. The van der Waals surface area contributed by atoms with Crippen molar-refractivity contribution in [2.75, 3.05) is 5.75 Å². The fraction of sp³-hybridized carbons (Fsp3) is 0.353. The van der Waals surface area contributed by atoms with E-state index in [0.29, 0.717) is 6.04 Å². The summed E-state index contributed by atoms with van der Waals surface area (Å²) in [7, 11) is 0. The molecule has 3 rings (SSSR count). The Labute approximate surface area is 124 Å². The average Bonchev–Trinajstić information content (AvgIpc) is 3.29. The molecule has 0 amide bonds. The summed E-state index contributed by atoms with van der Waals surface area (Å²) in [6.07, 6.45) is 2.41. The maximum Gasteiger partial charge on any atom is 0.113 e. The molecule has 102 valence electrons.